The first-order chi connectivity index (χ1) is 7.00. The molecule has 0 aliphatic heterocycles. The van der Waals surface area contributed by atoms with Gasteiger partial charge in [-0.3, -0.25) is 0 Å². The third-order valence-corrected chi connectivity index (χ3v) is 3.13. The van der Waals surface area contributed by atoms with E-state index < -0.39 is 11.4 Å². The molecule has 0 N–H and O–H groups in total. The van der Waals surface area contributed by atoms with Crippen LogP contribution in [0.1, 0.15) is 12.5 Å². The van der Waals surface area contributed by atoms with Crippen molar-refractivity contribution >= 4 is 33.5 Å². The lowest BCUT2D eigenvalue weighted by atomic mass is 10.2. The van der Waals surface area contributed by atoms with Gasteiger partial charge in [0.25, 0.3) is 0 Å². The molecule has 0 aromatic heterocycles. The highest BCUT2D eigenvalue weighted by Crippen LogP contribution is 2.16. The zero-order chi connectivity index (χ0) is 11.4. The van der Waals surface area contributed by atoms with Crippen molar-refractivity contribution < 1.29 is 8.94 Å². The molecule has 1 unspecified atom stereocenters. The third kappa shape index (κ3) is 3.77. The average Bonchev–Trinajstić information content (AvgIpc) is 2.15. The standard InChI is InChI=1S/C10H9BrFNOS/c1-7(2)15(14)13-6-8-3-4-9(12)5-10(8)11/h3-6H,1H2,2H3. The van der Waals surface area contributed by atoms with Crippen LogP contribution in [0.25, 0.3) is 0 Å². The lowest BCUT2D eigenvalue weighted by Gasteiger charge is -2.01. The fourth-order valence-corrected chi connectivity index (χ4v) is 1.64. The van der Waals surface area contributed by atoms with E-state index in [1.807, 2.05) is 0 Å². The summed E-state index contributed by atoms with van der Waals surface area (Å²) < 4.78 is 28.3. The van der Waals surface area contributed by atoms with Gasteiger partial charge in [-0.25, -0.2) is 4.39 Å². The molecule has 1 aromatic rings. The summed E-state index contributed by atoms with van der Waals surface area (Å²) in [5.41, 5.74) is 0.672. The molecule has 0 saturated heterocycles. The molecule has 2 nitrogen and oxygen atoms in total. The first-order valence-electron chi connectivity index (χ1n) is 4.07. The minimum atomic E-state index is -1.43. The Kier molecular flexibility index (Phi) is 4.50. The van der Waals surface area contributed by atoms with Crippen molar-refractivity contribution in [3.63, 3.8) is 0 Å². The van der Waals surface area contributed by atoms with Gasteiger partial charge in [-0.2, -0.15) is 0 Å². The Morgan fingerprint density at radius 2 is 2.33 bits per heavy atom. The van der Waals surface area contributed by atoms with Crippen molar-refractivity contribution in [2.75, 3.05) is 0 Å². The van der Waals surface area contributed by atoms with E-state index in [1.165, 1.54) is 18.3 Å². The number of hydrogen-bond acceptors (Lipinski definition) is 2. The van der Waals surface area contributed by atoms with E-state index in [1.54, 1.807) is 13.0 Å². The third-order valence-electron chi connectivity index (χ3n) is 1.55. The van der Waals surface area contributed by atoms with Crippen LogP contribution in [-0.2, 0) is 11.4 Å². The molecule has 15 heavy (non-hydrogen) atoms. The largest absolute Gasteiger partial charge is 0.586 e. The van der Waals surface area contributed by atoms with Gasteiger partial charge in [0.15, 0.2) is 0 Å². The maximum atomic E-state index is 12.7. The maximum Gasteiger partial charge on any atom is 0.149 e. The predicted octanol–water partition coefficient (Wildman–Crippen LogP) is 3.20. The second kappa shape index (κ2) is 5.44. The molecule has 0 radical (unpaired) electrons. The van der Waals surface area contributed by atoms with Crippen LogP contribution in [0.3, 0.4) is 0 Å². The van der Waals surface area contributed by atoms with Crippen LogP contribution in [0.2, 0.25) is 0 Å². The zero-order valence-corrected chi connectivity index (χ0v) is 10.4. The molecule has 0 spiro atoms. The van der Waals surface area contributed by atoms with Gasteiger partial charge in [-0.15, -0.1) is 0 Å². The van der Waals surface area contributed by atoms with E-state index in [4.69, 9.17) is 0 Å². The normalized spacial score (nSPS) is 13.1. The number of hydrogen-bond donors (Lipinski definition) is 0. The van der Waals surface area contributed by atoms with Crippen molar-refractivity contribution in [1.82, 2.24) is 0 Å². The van der Waals surface area contributed by atoms with Crippen molar-refractivity contribution in [3.05, 3.63) is 45.5 Å². The Morgan fingerprint density at radius 3 is 2.87 bits per heavy atom. The molecule has 0 heterocycles. The fourth-order valence-electron chi connectivity index (χ4n) is 0.801. The number of nitrogens with zero attached hydrogens (tertiary/aromatic N) is 1. The molecule has 5 heteroatoms. The number of rotatable bonds is 3. The van der Waals surface area contributed by atoms with Crippen LogP contribution in [0.5, 0.6) is 0 Å². The molecule has 0 aliphatic rings. The number of halogens is 2. The monoisotopic (exact) mass is 289 g/mol. The molecular formula is C10H9BrFNOS. The van der Waals surface area contributed by atoms with Gasteiger partial charge in [-0.1, -0.05) is 20.3 Å². The number of allylic oxidation sites excluding steroid dienone is 1. The highest BCUT2D eigenvalue weighted by Gasteiger charge is 2.05. The molecule has 0 fully saturated rings. The van der Waals surface area contributed by atoms with Crippen LogP contribution in [0.4, 0.5) is 4.39 Å². The van der Waals surface area contributed by atoms with E-state index in [9.17, 15) is 8.94 Å². The van der Waals surface area contributed by atoms with Gasteiger partial charge in [0.1, 0.15) is 22.1 Å². The summed E-state index contributed by atoms with van der Waals surface area (Å²) in [6.07, 6.45) is 1.42. The minimum absolute atomic E-state index is 0.333. The van der Waals surface area contributed by atoms with E-state index in [0.29, 0.717) is 14.9 Å². The molecule has 1 atom stereocenters. The lowest BCUT2D eigenvalue weighted by molar-refractivity contribution is 0.603. The summed E-state index contributed by atoms with van der Waals surface area (Å²) in [7, 11) is 0. The maximum absolute atomic E-state index is 12.7. The molecule has 0 saturated carbocycles. The lowest BCUT2D eigenvalue weighted by Crippen LogP contribution is -1.97. The Morgan fingerprint density at radius 1 is 1.67 bits per heavy atom. The first kappa shape index (κ1) is 12.4. The highest BCUT2D eigenvalue weighted by molar-refractivity contribution is 9.10. The van der Waals surface area contributed by atoms with Crippen LogP contribution in [-0.4, -0.2) is 10.8 Å². The van der Waals surface area contributed by atoms with Crippen LogP contribution in [0.15, 0.2) is 38.6 Å². The second-order valence-electron chi connectivity index (χ2n) is 2.85. The molecule has 0 bridgehead atoms. The van der Waals surface area contributed by atoms with Crippen LogP contribution < -0.4 is 0 Å². The fraction of sp³-hybridized carbons (Fsp3) is 0.100. The topological polar surface area (TPSA) is 35.4 Å². The summed E-state index contributed by atoms with van der Waals surface area (Å²) in [6.45, 7) is 5.15. The van der Waals surface area contributed by atoms with Gasteiger partial charge in [0, 0.05) is 17.0 Å². The molecular weight excluding hydrogens is 281 g/mol. The summed E-state index contributed by atoms with van der Waals surface area (Å²) in [6, 6.07) is 4.19. The summed E-state index contributed by atoms with van der Waals surface area (Å²) in [4.78, 5) is 0.476. The quantitative estimate of drug-likeness (QED) is 0.622. The number of benzene rings is 1. The van der Waals surface area contributed by atoms with Crippen molar-refractivity contribution in [1.29, 1.82) is 0 Å². The minimum Gasteiger partial charge on any atom is -0.586 e. The van der Waals surface area contributed by atoms with Gasteiger partial charge in [-0.05, 0) is 24.8 Å². The molecule has 0 aliphatic carbocycles. The molecule has 1 rings (SSSR count). The summed E-state index contributed by atoms with van der Waals surface area (Å²) >= 11 is 1.76. The van der Waals surface area contributed by atoms with Crippen LogP contribution in [0, 0.1) is 5.82 Å². The highest BCUT2D eigenvalue weighted by atomic mass is 79.9. The molecule has 80 valence electrons. The Bertz CT molecular complexity index is 408. The van der Waals surface area contributed by atoms with E-state index in [0.717, 1.165) is 0 Å². The predicted molar refractivity (Wildman–Crippen MR) is 64.7 cm³/mol. The van der Waals surface area contributed by atoms with E-state index in [2.05, 4.69) is 26.9 Å². The van der Waals surface area contributed by atoms with Crippen molar-refractivity contribution in [3.8, 4) is 0 Å². The van der Waals surface area contributed by atoms with Gasteiger partial charge in [0.2, 0.25) is 0 Å². The van der Waals surface area contributed by atoms with Gasteiger partial charge in [0.05, 0.1) is 6.21 Å². The Labute approximate surface area is 99.4 Å². The van der Waals surface area contributed by atoms with Crippen molar-refractivity contribution in [2.45, 2.75) is 6.92 Å². The summed E-state index contributed by atoms with van der Waals surface area (Å²) in [5.74, 6) is -0.333. The Balaban J connectivity index is 2.85. The SMILES string of the molecule is C=C(C)[S+]([O-])N=Cc1ccc(F)cc1Br. The molecule has 0 amide bonds. The molecule has 1 aromatic carbocycles. The Hall–Kier alpha value is -0.650. The zero-order valence-electron chi connectivity index (χ0n) is 8.04. The van der Waals surface area contributed by atoms with Gasteiger partial charge < -0.3 is 4.55 Å². The van der Waals surface area contributed by atoms with E-state index in [-0.39, 0.29) is 5.82 Å². The van der Waals surface area contributed by atoms with Crippen LogP contribution >= 0.6 is 15.9 Å². The second-order valence-corrected chi connectivity index (χ2v) is 5.11. The van der Waals surface area contributed by atoms with Crippen molar-refractivity contribution in [2.24, 2.45) is 4.40 Å². The van der Waals surface area contributed by atoms with E-state index >= 15 is 0 Å². The first-order valence-corrected chi connectivity index (χ1v) is 5.97. The average molecular weight is 290 g/mol. The smallest absolute Gasteiger partial charge is 0.149 e. The summed E-state index contributed by atoms with van der Waals surface area (Å²) in [5, 5.41) is 0. The van der Waals surface area contributed by atoms with Gasteiger partial charge >= 0.3 is 0 Å².